The summed E-state index contributed by atoms with van der Waals surface area (Å²) in [6.07, 6.45) is 6.29. The minimum Gasteiger partial charge on any atom is -0.293 e. The van der Waals surface area contributed by atoms with Gasteiger partial charge in [-0.25, -0.2) is 9.50 Å². The van der Waals surface area contributed by atoms with Crippen LogP contribution in [0.25, 0.3) is 27.7 Å². The van der Waals surface area contributed by atoms with Crippen molar-refractivity contribution in [2.24, 2.45) is 0 Å². The van der Waals surface area contributed by atoms with Gasteiger partial charge in [0, 0.05) is 42.3 Å². The van der Waals surface area contributed by atoms with Crippen LogP contribution in [0.15, 0.2) is 36.7 Å². The van der Waals surface area contributed by atoms with Crippen LogP contribution in [0.4, 0.5) is 0 Å². The zero-order chi connectivity index (χ0) is 16.3. The Balaban J connectivity index is 1.64. The van der Waals surface area contributed by atoms with Crippen molar-refractivity contribution in [3.05, 3.63) is 48.0 Å². The quantitative estimate of drug-likeness (QED) is 0.588. The number of Topliss-reactive ketones (excluding diaryl/α,β-unsaturated/α-hetero) is 1. The lowest BCUT2D eigenvalue weighted by Gasteiger charge is -2.03. The molecule has 1 aliphatic rings. The second-order valence-electron chi connectivity index (χ2n) is 6.38. The van der Waals surface area contributed by atoms with Crippen LogP contribution in [-0.4, -0.2) is 30.6 Å². The predicted octanol–water partition coefficient (Wildman–Crippen LogP) is 3.35. The lowest BCUT2D eigenvalue weighted by Crippen LogP contribution is -1.93. The molecule has 3 heterocycles. The minimum atomic E-state index is -0.0480. The Morgan fingerprint density at radius 2 is 2.12 bits per heavy atom. The van der Waals surface area contributed by atoms with Gasteiger partial charge in [0.15, 0.2) is 11.4 Å². The zero-order valence-electron chi connectivity index (χ0n) is 13.2. The molecule has 0 spiro atoms. The summed E-state index contributed by atoms with van der Waals surface area (Å²) in [5, 5.41) is 12.5. The molecule has 0 amide bonds. The number of benzene rings is 1. The molecule has 0 saturated heterocycles. The minimum absolute atomic E-state index is 0.0480. The average Bonchev–Trinajstić information content (AvgIpc) is 3.20. The topological polar surface area (TPSA) is 75.9 Å². The first-order valence-corrected chi connectivity index (χ1v) is 8.04. The maximum atomic E-state index is 11.7. The van der Waals surface area contributed by atoms with Gasteiger partial charge < -0.3 is 0 Å². The van der Waals surface area contributed by atoms with Crippen LogP contribution in [-0.2, 0) is 0 Å². The third-order valence-corrected chi connectivity index (χ3v) is 4.56. The summed E-state index contributed by atoms with van der Waals surface area (Å²) >= 11 is 0. The molecule has 0 aliphatic heterocycles. The van der Waals surface area contributed by atoms with Crippen LogP contribution >= 0.6 is 0 Å². The first-order valence-electron chi connectivity index (χ1n) is 8.04. The van der Waals surface area contributed by atoms with E-state index in [1.54, 1.807) is 0 Å². The molecule has 6 heteroatoms. The molecule has 1 aliphatic carbocycles. The van der Waals surface area contributed by atoms with Crippen LogP contribution in [0.2, 0.25) is 0 Å². The Morgan fingerprint density at radius 3 is 2.92 bits per heavy atom. The van der Waals surface area contributed by atoms with Gasteiger partial charge in [0.05, 0.1) is 11.2 Å². The Morgan fingerprint density at radius 1 is 1.25 bits per heavy atom. The van der Waals surface area contributed by atoms with Crippen molar-refractivity contribution in [1.29, 1.82) is 0 Å². The third kappa shape index (κ3) is 2.03. The summed E-state index contributed by atoms with van der Waals surface area (Å²) in [5.41, 5.74) is 5.28. The van der Waals surface area contributed by atoms with Gasteiger partial charge in [0.2, 0.25) is 0 Å². The number of rotatable bonds is 3. The highest BCUT2D eigenvalue weighted by molar-refractivity contribution is 6.05. The fourth-order valence-corrected chi connectivity index (χ4v) is 3.08. The number of nitrogens with one attached hydrogen (secondary N) is 1. The van der Waals surface area contributed by atoms with Gasteiger partial charge in [0.25, 0.3) is 0 Å². The molecule has 1 fully saturated rings. The molecule has 0 unspecified atom stereocenters. The number of fused-ring (bicyclic) bond motifs is 2. The number of carbonyl (C=O) groups is 1. The van der Waals surface area contributed by atoms with Crippen LogP contribution in [0.1, 0.15) is 41.9 Å². The molecule has 24 heavy (non-hydrogen) atoms. The van der Waals surface area contributed by atoms with E-state index < -0.39 is 0 Å². The standard InChI is InChI=1S/C18H15N5O/c1-10(24)18-14-6-12(4-5-15(14)20-21-18)13-8-19-17-7-16(11-2-3-11)22-23(17)9-13/h4-9,11H,2-3H2,1H3,(H,20,21). The zero-order valence-corrected chi connectivity index (χ0v) is 13.2. The molecule has 1 saturated carbocycles. The molecule has 0 radical (unpaired) electrons. The number of hydrogen-bond acceptors (Lipinski definition) is 4. The van der Waals surface area contributed by atoms with Gasteiger partial charge in [-0.1, -0.05) is 6.07 Å². The predicted molar refractivity (Wildman–Crippen MR) is 90.1 cm³/mol. The maximum absolute atomic E-state index is 11.7. The smallest absolute Gasteiger partial charge is 0.180 e. The first-order chi connectivity index (χ1) is 11.7. The van der Waals surface area contributed by atoms with Crippen molar-refractivity contribution >= 4 is 22.3 Å². The van der Waals surface area contributed by atoms with E-state index in [-0.39, 0.29) is 5.78 Å². The molecule has 3 aromatic heterocycles. The molecular formula is C18H15N5O. The van der Waals surface area contributed by atoms with E-state index in [2.05, 4.69) is 26.3 Å². The summed E-state index contributed by atoms with van der Waals surface area (Å²) in [7, 11) is 0. The van der Waals surface area contributed by atoms with Crippen molar-refractivity contribution in [2.45, 2.75) is 25.7 Å². The third-order valence-electron chi connectivity index (χ3n) is 4.56. The van der Waals surface area contributed by atoms with Gasteiger partial charge in [0.1, 0.15) is 5.69 Å². The SMILES string of the molecule is CC(=O)c1n[nH]c2ccc(-c3cnc4cc(C5CC5)nn4c3)cc12. The van der Waals surface area contributed by atoms with Crippen LogP contribution in [0.5, 0.6) is 0 Å². The van der Waals surface area contributed by atoms with E-state index >= 15 is 0 Å². The van der Waals surface area contributed by atoms with E-state index in [0.717, 1.165) is 33.4 Å². The molecule has 1 aromatic carbocycles. The molecule has 0 bridgehead atoms. The summed E-state index contributed by atoms with van der Waals surface area (Å²) in [6, 6.07) is 7.98. The fraction of sp³-hybridized carbons (Fsp3) is 0.222. The Labute approximate surface area is 137 Å². The van der Waals surface area contributed by atoms with Crippen LogP contribution < -0.4 is 0 Å². The van der Waals surface area contributed by atoms with Crippen molar-refractivity contribution in [3.63, 3.8) is 0 Å². The number of H-pyrrole nitrogens is 1. The molecule has 5 rings (SSSR count). The van der Waals surface area contributed by atoms with Gasteiger partial charge in [-0.05, 0) is 30.5 Å². The van der Waals surface area contributed by atoms with Crippen molar-refractivity contribution in [3.8, 4) is 11.1 Å². The molecule has 4 aromatic rings. The number of hydrogen-bond donors (Lipinski definition) is 1. The number of nitrogens with zero attached hydrogens (tertiary/aromatic N) is 4. The van der Waals surface area contributed by atoms with Crippen LogP contribution in [0.3, 0.4) is 0 Å². The highest BCUT2D eigenvalue weighted by Gasteiger charge is 2.26. The van der Waals surface area contributed by atoms with Gasteiger partial charge in [-0.3, -0.25) is 9.89 Å². The largest absolute Gasteiger partial charge is 0.293 e. The van der Waals surface area contributed by atoms with Crippen molar-refractivity contribution in [2.75, 3.05) is 0 Å². The number of aromatic nitrogens is 5. The van der Waals surface area contributed by atoms with E-state index in [1.807, 2.05) is 35.1 Å². The molecule has 118 valence electrons. The lowest BCUT2D eigenvalue weighted by molar-refractivity contribution is 0.101. The monoisotopic (exact) mass is 317 g/mol. The Bertz CT molecular complexity index is 1100. The Hall–Kier alpha value is -3.02. The number of ketones is 1. The summed E-state index contributed by atoms with van der Waals surface area (Å²) in [4.78, 5) is 16.2. The lowest BCUT2D eigenvalue weighted by atomic mass is 10.0. The average molecular weight is 317 g/mol. The first kappa shape index (κ1) is 13.4. The van der Waals surface area contributed by atoms with Gasteiger partial charge >= 0.3 is 0 Å². The highest BCUT2D eigenvalue weighted by atomic mass is 16.1. The highest BCUT2D eigenvalue weighted by Crippen LogP contribution is 2.39. The second kappa shape index (κ2) is 4.74. The molecule has 0 atom stereocenters. The molecular weight excluding hydrogens is 302 g/mol. The van der Waals surface area contributed by atoms with E-state index in [1.165, 1.54) is 19.8 Å². The normalized spacial score (nSPS) is 14.5. The Kier molecular flexibility index (Phi) is 2.65. The van der Waals surface area contributed by atoms with Gasteiger partial charge in [-0.15, -0.1) is 0 Å². The number of carbonyl (C=O) groups excluding carboxylic acids is 1. The van der Waals surface area contributed by atoms with Crippen molar-refractivity contribution in [1.82, 2.24) is 24.8 Å². The van der Waals surface area contributed by atoms with Gasteiger partial charge in [-0.2, -0.15) is 10.2 Å². The number of aromatic amines is 1. The van der Waals surface area contributed by atoms with Crippen LogP contribution in [0, 0.1) is 0 Å². The maximum Gasteiger partial charge on any atom is 0.180 e. The summed E-state index contributed by atoms with van der Waals surface area (Å²) in [6.45, 7) is 1.53. The molecule has 6 nitrogen and oxygen atoms in total. The summed E-state index contributed by atoms with van der Waals surface area (Å²) < 4.78 is 1.84. The summed E-state index contributed by atoms with van der Waals surface area (Å²) in [5.74, 6) is 0.559. The van der Waals surface area contributed by atoms with E-state index in [9.17, 15) is 4.79 Å². The van der Waals surface area contributed by atoms with E-state index in [4.69, 9.17) is 0 Å². The van der Waals surface area contributed by atoms with E-state index in [0.29, 0.717) is 11.6 Å². The fourth-order valence-electron chi connectivity index (χ4n) is 3.08. The van der Waals surface area contributed by atoms with Crippen molar-refractivity contribution < 1.29 is 4.79 Å². The molecule has 1 N–H and O–H groups in total. The second-order valence-corrected chi connectivity index (χ2v) is 6.38.